The van der Waals surface area contributed by atoms with Crippen molar-refractivity contribution in [1.82, 2.24) is 0 Å². The van der Waals surface area contributed by atoms with E-state index in [0.29, 0.717) is 16.5 Å². The van der Waals surface area contributed by atoms with Crippen molar-refractivity contribution >= 4 is 27.5 Å². The van der Waals surface area contributed by atoms with Crippen LogP contribution in [0.25, 0.3) is 0 Å². The predicted octanol–water partition coefficient (Wildman–Crippen LogP) is 4.98. The monoisotopic (exact) mass is 358 g/mol. The third kappa shape index (κ3) is 3.07. The predicted molar refractivity (Wildman–Crippen MR) is 81.7 cm³/mol. The van der Waals surface area contributed by atoms with E-state index in [4.69, 9.17) is 21.1 Å². The van der Waals surface area contributed by atoms with Gasteiger partial charge >= 0.3 is 0 Å². The normalized spacial score (nSPS) is 12.1. The molecule has 0 heterocycles. The maximum absolute atomic E-state index is 13.3. The number of hydrogen-bond donors (Lipinski definition) is 0. The Balaban J connectivity index is 2.46. The van der Waals surface area contributed by atoms with Gasteiger partial charge in [0.15, 0.2) is 11.5 Å². The standard InChI is InChI=1S/C15H13BrClFO2/c1-19-13-7-11(12(17)8-14(13)20-2)15(16)9-4-3-5-10(18)6-9/h3-8,15H,1-2H3. The maximum atomic E-state index is 13.3. The third-order valence-corrected chi connectivity index (χ3v) is 4.27. The summed E-state index contributed by atoms with van der Waals surface area (Å²) in [6.45, 7) is 0. The second-order valence-electron chi connectivity index (χ2n) is 4.15. The van der Waals surface area contributed by atoms with Gasteiger partial charge in [-0.25, -0.2) is 4.39 Å². The molecule has 2 aromatic rings. The minimum absolute atomic E-state index is 0.231. The molecule has 106 valence electrons. The van der Waals surface area contributed by atoms with E-state index < -0.39 is 0 Å². The van der Waals surface area contributed by atoms with Crippen LogP contribution in [0.1, 0.15) is 16.0 Å². The molecule has 0 saturated heterocycles. The topological polar surface area (TPSA) is 18.5 Å². The molecular weight excluding hydrogens is 347 g/mol. The Hall–Kier alpha value is -1.26. The Morgan fingerprint density at radius 2 is 1.75 bits per heavy atom. The second-order valence-corrected chi connectivity index (χ2v) is 5.47. The minimum Gasteiger partial charge on any atom is -0.493 e. The Morgan fingerprint density at radius 3 is 2.35 bits per heavy atom. The summed E-state index contributed by atoms with van der Waals surface area (Å²) in [6, 6.07) is 9.82. The quantitative estimate of drug-likeness (QED) is 0.717. The maximum Gasteiger partial charge on any atom is 0.162 e. The number of methoxy groups -OCH3 is 2. The van der Waals surface area contributed by atoms with Gasteiger partial charge in [0.25, 0.3) is 0 Å². The number of rotatable bonds is 4. The third-order valence-electron chi connectivity index (χ3n) is 2.92. The zero-order chi connectivity index (χ0) is 14.7. The van der Waals surface area contributed by atoms with Crippen molar-refractivity contribution in [2.24, 2.45) is 0 Å². The molecule has 0 aliphatic heterocycles. The van der Waals surface area contributed by atoms with Crippen LogP contribution in [0.4, 0.5) is 4.39 Å². The fourth-order valence-corrected chi connectivity index (χ4v) is 2.97. The fourth-order valence-electron chi connectivity index (χ4n) is 1.91. The molecule has 0 aromatic heterocycles. The lowest BCUT2D eigenvalue weighted by Gasteiger charge is -2.16. The van der Waals surface area contributed by atoms with Crippen LogP contribution in [0.3, 0.4) is 0 Å². The Bertz CT molecular complexity index is 619. The van der Waals surface area contributed by atoms with Crippen LogP contribution in [0.2, 0.25) is 5.02 Å². The van der Waals surface area contributed by atoms with Crippen LogP contribution in [-0.2, 0) is 0 Å². The van der Waals surface area contributed by atoms with Crippen LogP contribution in [0.5, 0.6) is 11.5 Å². The van der Waals surface area contributed by atoms with Crippen molar-refractivity contribution in [3.05, 3.63) is 58.4 Å². The van der Waals surface area contributed by atoms with Gasteiger partial charge in [-0.1, -0.05) is 39.7 Å². The highest BCUT2D eigenvalue weighted by atomic mass is 79.9. The van der Waals surface area contributed by atoms with Gasteiger partial charge < -0.3 is 9.47 Å². The van der Waals surface area contributed by atoms with Gasteiger partial charge in [-0.2, -0.15) is 0 Å². The molecule has 2 nitrogen and oxygen atoms in total. The first-order valence-electron chi connectivity index (χ1n) is 5.87. The lowest BCUT2D eigenvalue weighted by atomic mass is 10.0. The number of halogens is 3. The summed E-state index contributed by atoms with van der Waals surface area (Å²) < 4.78 is 23.8. The lowest BCUT2D eigenvalue weighted by Crippen LogP contribution is -1.98. The van der Waals surface area contributed by atoms with Crippen molar-refractivity contribution < 1.29 is 13.9 Å². The molecule has 20 heavy (non-hydrogen) atoms. The highest BCUT2D eigenvalue weighted by Crippen LogP contribution is 2.41. The zero-order valence-corrected chi connectivity index (χ0v) is 13.3. The Morgan fingerprint density at radius 1 is 1.10 bits per heavy atom. The smallest absolute Gasteiger partial charge is 0.162 e. The minimum atomic E-state index is -0.288. The van der Waals surface area contributed by atoms with E-state index in [2.05, 4.69) is 15.9 Å². The van der Waals surface area contributed by atoms with Crippen LogP contribution >= 0.6 is 27.5 Å². The van der Waals surface area contributed by atoms with Crippen molar-refractivity contribution in [3.8, 4) is 11.5 Å². The molecule has 0 N–H and O–H groups in total. The average Bonchev–Trinajstić information content (AvgIpc) is 2.46. The highest BCUT2D eigenvalue weighted by Gasteiger charge is 2.18. The first-order valence-corrected chi connectivity index (χ1v) is 7.17. The number of benzene rings is 2. The SMILES string of the molecule is COc1cc(Cl)c(C(Br)c2cccc(F)c2)cc1OC. The van der Waals surface area contributed by atoms with Crippen LogP contribution in [0.15, 0.2) is 36.4 Å². The summed E-state index contributed by atoms with van der Waals surface area (Å²) in [5, 5.41) is 0.522. The van der Waals surface area contributed by atoms with Crippen LogP contribution in [0, 0.1) is 5.82 Å². The summed E-state index contributed by atoms with van der Waals surface area (Å²) in [7, 11) is 3.10. The molecule has 0 aliphatic carbocycles. The summed E-state index contributed by atoms with van der Waals surface area (Å²) >= 11 is 9.80. The molecule has 0 radical (unpaired) electrons. The van der Waals surface area contributed by atoms with Crippen LogP contribution < -0.4 is 9.47 Å². The molecule has 5 heteroatoms. The van der Waals surface area contributed by atoms with Crippen molar-refractivity contribution in [2.75, 3.05) is 14.2 Å². The van der Waals surface area contributed by atoms with Gasteiger partial charge in [0.05, 0.1) is 19.0 Å². The number of alkyl halides is 1. The average molecular weight is 360 g/mol. The molecule has 0 saturated carbocycles. The number of ether oxygens (including phenoxy) is 2. The lowest BCUT2D eigenvalue weighted by molar-refractivity contribution is 0.354. The largest absolute Gasteiger partial charge is 0.493 e. The molecule has 0 fully saturated rings. The van der Waals surface area contributed by atoms with Crippen molar-refractivity contribution in [2.45, 2.75) is 4.83 Å². The first-order chi connectivity index (χ1) is 9.56. The van der Waals surface area contributed by atoms with Gasteiger partial charge in [-0.05, 0) is 29.3 Å². The zero-order valence-electron chi connectivity index (χ0n) is 11.0. The van der Waals surface area contributed by atoms with Crippen molar-refractivity contribution in [1.29, 1.82) is 0 Å². The Labute approximate surface area is 130 Å². The molecular formula is C15H13BrClFO2. The second kappa shape index (κ2) is 6.46. The van der Waals surface area contributed by atoms with Crippen LogP contribution in [-0.4, -0.2) is 14.2 Å². The van der Waals surface area contributed by atoms with E-state index in [-0.39, 0.29) is 10.6 Å². The van der Waals surface area contributed by atoms with Gasteiger partial charge in [0.2, 0.25) is 0 Å². The summed E-state index contributed by atoms with van der Waals surface area (Å²) in [5.74, 6) is 0.844. The van der Waals surface area contributed by atoms with E-state index in [0.717, 1.165) is 11.1 Å². The van der Waals surface area contributed by atoms with E-state index in [1.54, 1.807) is 32.4 Å². The summed E-state index contributed by atoms with van der Waals surface area (Å²) in [6.07, 6.45) is 0. The molecule has 0 aliphatic rings. The van der Waals surface area contributed by atoms with Gasteiger partial charge in [0.1, 0.15) is 5.82 Å². The highest BCUT2D eigenvalue weighted by molar-refractivity contribution is 9.09. The van der Waals surface area contributed by atoms with Gasteiger partial charge in [-0.15, -0.1) is 0 Å². The molecule has 2 aromatic carbocycles. The van der Waals surface area contributed by atoms with E-state index >= 15 is 0 Å². The van der Waals surface area contributed by atoms with Crippen molar-refractivity contribution in [3.63, 3.8) is 0 Å². The van der Waals surface area contributed by atoms with Gasteiger partial charge in [0, 0.05) is 11.1 Å². The number of hydrogen-bond acceptors (Lipinski definition) is 2. The van der Waals surface area contributed by atoms with Gasteiger partial charge in [-0.3, -0.25) is 0 Å². The fraction of sp³-hybridized carbons (Fsp3) is 0.200. The molecule has 2 rings (SSSR count). The molecule has 0 spiro atoms. The van der Waals surface area contributed by atoms with E-state index in [1.165, 1.54) is 12.1 Å². The summed E-state index contributed by atoms with van der Waals surface area (Å²) in [4.78, 5) is -0.231. The Kier molecular flexibility index (Phi) is 4.89. The van der Waals surface area contributed by atoms with E-state index in [9.17, 15) is 4.39 Å². The van der Waals surface area contributed by atoms with E-state index in [1.807, 2.05) is 6.07 Å². The molecule has 1 unspecified atom stereocenters. The molecule has 0 amide bonds. The molecule has 1 atom stereocenters. The summed E-state index contributed by atoms with van der Waals surface area (Å²) in [5.41, 5.74) is 1.56. The molecule has 0 bridgehead atoms. The first kappa shape index (κ1) is 15.1.